The van der Waals surface area contributed by atoms with Crippen molar-refractivity contribution in [1.29, 1.82) is 0 Å². The Morgan fingerprint density at radius 1 is 1.45 bits per heavy atom. The van der Waals surface area contributed by atoms with E-state index >= 15 is 0 Å². The second kappa shape index (κ2) is 7.35. The number of halogens is 1. The molecule has 1 aromatic rings. The number of hydrogen-bond acceptors (Lipinski definition) is 3. The molecule has 2 rings (SSSR count). The first-order valence-corrected chi connectivity index (χ1v) is 7.53. The summed E-state index contributed by atoms with van der Waals surface area (Å²) in [5.74, 6) is 3.18. The van der Waals surface area contributed by atoms with E-state index in [-0.39, 0.29) is 12.1 Å². The third kappa shape index (κ3) is 3.77. The maximum atomic E-state index is 12.1. The van der Waals surface area contributed by atoms with E-state index < -0.39 is 0 Å². The standard InChI is InChI=1S/C15H20ClN3O/c1-2-10-19-15(20)14(13(16)11-18-19)17-9-8-12-6-4-3-5-7-12/h1,11-12,17H,3-10H2. The van der Waals surface area contributed by atoms with E-state index in [0.717, 1.165) is 18.9 Å². The van der Waals surface area contributed by atoms with Crippen LogP contribution in [0.1, 0.15) is 38.5 Å². The molecular formula is C15H20ClN3O. The van der Waals surface area contributed by atoms with Crippen molar-refractivity contribution < 1.29 is 0 Å². The lowest BCUT2D eigenvalue weighted by molar-refractivity contribution is 0.345. The molecule has 0 saturated heterocycles. The summed E-state index contributed by atoms with van der Waals surface area (Å²) in [6, 6.07) is 0. The average Bonchev–Trinajstić information content (AvgIpc) is 2.47. The van der Waals surface area contributed by atoms with Crippen molar-refractivity contribution in [3.63, 3.8) is 0 Å². The van der Waals surface area contributed by atoms with Crippen LogP contribution >= 0.6 is 11.6 Å². The van der Waals surface area contributed by atoms with Gasteiger partial charge in [-0.3, -0.25) is 4.79 Å². The van der Waals surface area contributed by atoms with Crippen LogP contribution in [0.3, 0.4) is 0 Å². The van der Waals surface area contributed by atoms with Crippen LogP contribution in [0.15, 0.2) is 11.0 Å². The van der Waals surface area contributed by atoms with Gasteiger partial charge in [-0.05, 0) is 12.3 Å². The number of anilines is 1. The topological polar surface area (TPSA) is 46.9 Å². The van der Waals surface area contributed by atoms with Crippen molar-refractivity contribution in [2.24, 2.45) is 5.92 Å². The summed E-state index contributed by atoms with van der Waals surface area (Å²) in [4.78, 5) is 12.1. The van der Waals surface area contributed by atoms with Gasteiger partial charge in [-0.2, -0.15) is 5.10 Å². The SMILES string of the molecule is C#CCn1ncc(Cl)c(NCCC2CCCCC2)c1=O. The zero-order chi connectivity index (χ0) is 14.4. The molecule has 0 atom stereocenters. The first-order valence-electron chi connectivity index (χ1n) is 7.15. The molecule has 0 unspecified atom stereocenters. The van der Waals surface area contributed by atoms with Crippen LogP contribution in [0.25, 0.3) is 0 Å². The Hall–Kier alpha value is -1.47. The van der Waals surface area contributed by atoms with E-state index in [9.17, 15) is 4.79 Å². The number of terminal acetylenes is 1. The lowest BCUT2D eigenvalue weighted by Gasteiger charge is -2.21. The summed E-state index contributed by atoms with van der Waals surface area (Å²) in [6.45, 7) is 0.924. The van der Waals surface area contributed by atoms with Crippen LogP contribution in [0.4, 0.5) is 5.69 Å². The van der Waals surface area contributed by atoms with Crippen LogP contribution in [0.5, 0.6) is 0 Å². The van der Waals surface area contributed by atoms with Crippen molar-refractivity contribution >= 4 is 17.3 Å². The Labute approximate surface area is 124 Å². The molecule has 20 heavy (non-hydrogen) atoms. The molecule has 0 aliphatic heterocycles. The summed E-state index contributed by atoms with van der Waals surface area (Å²) >= 11 is 6.03. The molecule has 1 fully saturated rings. The highest BCUT2D eigenvalue weighted by Crippen LogP contribution is 2.26. The molecule has 5 heteroatoms. The Balaban J connectivity index is 1.96. The largest absolute Gasteiger partial charge is 0.379 e. The van der Waals surface area contributed by atoms with Gasteiger partial charge in [-0.1, -0.05) is 49.6 Å². The lowest BCUT2D eigenvalue weighted by Crippen LogP contribution is -2.26. The van der Waals surface area contributed by atoms with Crippen molar-refractivity contribution in [2.45, 2.75) is 45.1 Å². The van der Waals surface area contributed by atoms with Crippen LogP contribution in [-0.4, -0.2) is 16.3 Å². The summed E-state index contributed by atoms with van der Waals surface area (Å²) < 4.78 is 1.24. The molecular weight excluding hydrogens is 274 g/mol. The van der Waals surface area contributed by atoms with Gasteiger partial charge in [0, 0.05) is 6.54 Å². The smallest absolute Gasteiger partial charge is 0.292 e. The fraction of sp³-hybridized carbons (Fsp3) is 0.600. The molecule has 4 nitrogen and oxygen atoms in total. The first kappa shape index (κ1) is 14.9. The second-order valence-electron chi connectivity index (χ2n) is 5.25. The number of nitrogens with one attached hydrogen (secondary N) is 1. The van der Waals surface area contributed by atoms with Gasteiger partial charge in [0.05, 0.1) is 11.2 Å². The van der Waals surface area contributed by atoms with Gasteiger partial charge in [0.25, 0.3) is 5.56 Å². The van der Waals surface area contributed by atoms with Crippen molar-refractivity contribution in [3.8, 4) is 12.3 Å². The third-order valence-electron chi connectivity index (χ3n) is 3.82. The third-order valence-corrected chi connectivity index (χ3v) is 4.10. The molecule has 0 bridgehead atoms. The van der Waals surface area contributed by atoms with Crippen LogP contribution in [0, 0.1) is 18.3 Å². The van der Waals surface area contributed by atoms with Gasteiger partial charge >= 0.3 is 0 Å². The minimum absolute atomic E-state index is 0.160. The summed E-state index contributed by atoms with van der Waals surface area (Å²) in [5, 5.41) is 7.42. The molecule has 1 N–H and O–H groups in total. The molecule has 0 aromatic carbocycles. The highest BCUT2D eigenvalue weighted by molar-refractivity contribution is 6.32. The van der Waals surface area contributed by atoms with Crippen molar-refractivity contribution in [1.82, 2.24) is 9.78 Å². The average molecular weight is 294 g/mol. The van der Waals surface area contributed by atoms with E-state index in [1.165, 1.54) is 43.0 Å². The number of aromatic nitrogens is 2. The number of rotatable bonds is 5. The quantitative estimate of drug-likeness (QED) is 0.849. The molecule has 0 spiro atoms. The fourth-order valence-corrected chi connectivity index (χ4v) is 2.90. The van der Waals surface area contributed by atoms with Gasteiger partial charge in [0.2, 0.25) is 0 Å². The van der Waals surface area contributed by atoms with E-state index in [2.05, 4.69) is 16.3 Å². The minimum Gasteiger partial charge on any atom is -0.379 e. The van der Waals surface area contributed by atoms with Gasteiger partial charge in [0.1, 0.15) is 12.2 Å². The maximum Gasteiger partial charge on any atom is 0.292 e. The summed E-state index contributed by atoms with van der Waals surface area (Å²) in [7, 11) is 0. The Morgan fingerprint density at radius 3 is 2.90 bits per heavy atom. The molecule has 0 amide bonds. The number of hydrogen-bond donors (Lipinski definition) is 1. The van der Waals surface area contributed by atoms with E-state index in [0.29, 0.717) is 10.7 Å². The van der Waals surface area contributed by atoms with Crippen molar-refractivity contribution in [3.05, 3.63) is 21.6 Å². The van der Waals surface area contributed by atoms with Crippen molar-refractivity contribution in [2.75, 3.05) is 11.9 Å². The van der Waals surface area contributed by atoms with E-state index in [1.54, 1.807) is 0 Å². The first-order chi connectivity index (χ1) is 9.72. The second-order valence-corrected chi connectivity index (χ2v) is 5.66. The Bertz CT molecular complexity index is 541. The summed E-state index contributed by atoms with van der Waals surface area (Å²) in [5.41, 5.74) is 0.159. The monoisotopic (exact) mass is 293 g/mol. The van der Waals surface area contributed by atoms with Crippen LogP contribution in [-0.2, 0) is 6.54 Å². The van der Waals surface area contributed by atoms with E-state index in [1.807, 2.05) is 0 Å². The van der Waals surface area contributed by atoms with Gasteiger partial charge in [0.15, 0.2) is 0 Å². The highest BCUT2D eigenvalue weighted by atomic mass is 35.5. The molecule has 1 aliphatic carbocycles. The Morgan fingerprint density at radius 2 is 2.20 bits per heavy atom. The van der Waals surface area contributed by atoms with Crippen LogP contribution in [0.2, 0.25) is 5.02 Å². The highest BCUT2D eigenvalue weighted by Gasteiger charge is 2.14. The molecule has 1 aliphatic rings. The molecule has 108 valence electrons. The predicted molar refractivity (Wildman–Crippen MR) is 82.0 cm³/mol. The van der Waals surface area contributed by atoms with Gasteiger partial charge in [-0.15, -0.1) is 6.42 Å². The zero-order valence-corrected chi connectivity index (χ0v) is 12.3. The Kier molecular flexibility index (Phi) is 5.49. The van der Waals surface area contributed by atoms with Crippen LogP contribution < -0.4 is 10.9 Å². The zero-order valence-electron chi connectivity index (χ0n) is 11.6. The molecule has 1 saturated carbocycles. The lowest BCUT2D eigenvalue weighted by atomic mass is 9.87. The van der Waals surface area contributed by atoms with E-state index in [4.69, 9.17) is 18.0 Å². The van der Waals surface area contributed by atoms with Gasteiger partial charge < -0.3 is 5.32 Å². The normalized spacial score (nSPS) is 15.8. The molecule has 1 aromatic heterocycles. The maximum absolute atomic E-state index is 12.1. The molecule has 0 radical (unpaired) electrons. The fourth-order valence-electron chi connectivity index (χ4n) is 2.70. The molecule has 1 heterocycles. The predicted octanol–water partition coefficient (Wildman–Crippen LogP) is 2.91. The number of nitrogens with zero attached hydrogens (tertiary/aromatic N) is 2. The summed E-state index contributed by atoms with van der Waals surface area (Å²) in [6.07, 6.45) is 14.4. The minimum atomic E-state index is -0.251. The van der Waals surface area contributed by atoms with Gasteiger partial charge in [-0.25, -0.2) is 4.68 Å².